The van der Waals surface area contributed by atoms with Crippen molar-refractivity contribution in [3.8, 4) is 5.75 Å². The highest BCUT2D eigenvalue weighted by Crippen LogP contribution is 2.45. The second-order valence-electron chi connectivity index (χ2n) is 3.51. The summed E-state index contributed by atoms with van der Waals surface area (Å²) >= 11 is 20.9. The first-order valence-electron chi connectivity index (χ1n) is 4.94. The summed E-state index contributed by atoms with van der Waals surface area (Å²) in [7, 11) is 1.63. The number of alkyl halides is 1. The Labute approximate surface area is 136 Å². The van der Waals surface area contributed by atoms with Crippen LogP contribution in [-0.4, -0.2) is 7.11 Å². The average molecular weight is 431 g/mol. The lowest BCUT2D eigenvalue weighted by atomic mass is 10.1. The lowest BCUT2D eigenvalue weighted by Crippen LogP contribution is -1.97. The Balaban J connectivity index is 2.54. The number of benzene rings is 1. The number of ether oxygens (including phenoxy) is 1. The summed E-state index contributed by atoms with van der Waals surface area (Å²) in [5.41, 5.74) is 0.946. The summed E-state index contributed by atoms with van der Waals surface area (Å²) in [6.07, 6.45) is 0. The molecule has 0 radical (unpaired) electrons. The molecule has 0 aliphatic carbocycles. The lowest BCUT2D eigenvalue weighted by Gasteiger charge is -2.15. The molecule has 0 saturated carbocycles. The van der Waals surface area contributed by atoms with Crippen molar-refractivity contribution in [3.05, 3.63) is 48.5 Å². The van der Waals surface area contributed by atoms with Crippen LogP contribution in [0.25, 0.3) is 0 Å². The molecule has 2 rings (SSSR count). The van der Waals surface area contributed by atoms with E-state index in [2.05, 4.69) is 31.9 Å². The van der Waals surface area contributed by atoms with Gasteiger partial charge in [-0.1, -0.05) is 39.1 Å². The van der Waals surface area contributed by atoms with Crippen molar-refractivity contribution in [1.29, 1.82) is 0 Å². The summed E-state index contributed by atoms with van der Waals surface area (Å²) in [6, 6.07) is 5.56. The number of halogens is 4. The van der Waals surface area contributed by atoms with Gasteiger partial charge < -0.3 is 4.74 Å². The van der Waals surface area contributed by atoms with Gasteiger partial charge in [0.1, 0.15) is 5.75 Å². The van der Waals surface area contributed by atoms with E-state index in [1.807, 2.05) is 17.5 Å². The summed E-state index contributed by atoms with van der Waals surface area (Å²) in [6.45, 7) is 0. The largest absolute Gasteiger partial charge is 0.495 e. The van der Waals surface area contributed by atoms with E-state index in [-0.39, 0.29) is 4.83 Å². The number of rotatable bonds is 3. The van der Waals surface area contributed by atoms with Crippen LogP contribution in [-0.2, 0) is 0 Å². The summed E-state index contributed by atoms with van der Waals surface area (Å²) < 4.78 is 6.24. The van der Waals surface area contributed by atoms with Gasteiger partial charge in [0.05, 0.1) is 21.4 Å². The number of hydrogen-bond acceptors (Lipinski definition) is 2. The molecule has 0 bridgehead atoms. The first-order valence-corrected chi connectivity index (χ1v) is 8.29. The maximum Gasteiger partial charge on any atom is 0.137 e. The topological polar surface area (TPSA) is 9.23 Å². The van der Waals surface area contributed by atoms with Crippen molar-refractivity contribution < 1.29 is 4.74 Å². The van der Waals surface area contributed by atoms with Crippen molar-refractivity contribution in [2.75, 3.05) is 7.11 Å². The molecule has 1 heterocycles. The van der Waals surface area contributed by atoms with E-state index in [1.165, 1.54) is 0 Å². The van der Waals surface area contributed by atoms with E-state index < -0.39 is 0 Å². The van der Waals surface area contributed by atoms with E-state index in [1.54, 1.807) is 24.5 Å². The summed E-state index contributed by atoms with van der Waals surface area (Å²) in [5.74, 6) is 0.755. The monoisotopic (exact) mass is 428 g/mol. The van der Waals surface area contributed by atoms with Gasteiger partial charge in [0.25, 0.3) is 0 Å². The maximum atomic E-state index is 6.15. The Morgan fingerprint density at radius 2 is 2.06 bits per heavy atom. The van der Waals surface area contributed by atoms with Gasteiger partial charge in [0, 0.05) is 15.5 Å². The molecule has 0 N–H and O–H groups in total. The molecule has 18 heavy (non-hydrogen) atoms. The molecule has 0 aliphatic heterocycles. The highest BCUT2D eigenvalue weighted by Gasteiger charge is 2.21. The first-order chi connectivity index (χ1) is 8.54. The first kappa shape index (κ1) is 14.7. The normalized spacial score (nSPS) is 12.5. The Bertz CT molecular complexity index is 571. The van der Waals surface area contributed by atoms with Crippen LogP contribution in [0.1, 0.15) is 15.3 Å². The molecule has 0 spiro atoms. The van der Waals surface area contributed by atoms with Gasteiger partial charge >= 0.3 is 0 Å². The third-order valence-corrected chi connectivity index (χ3v) is 5.87. The summed E-state index contributed by atoms with van der Waals surface area (Å²) in [5, 5.41) is 3.34. The zero-order valence-electron chi connectivity index (χ0n) is 9.22. The lowest BCUT2D eigenvalue weighted by molar-refractivity contribution is 0.408. The van der Waals surface area contributed by atoms with Crippen LogP contribution in [0, 0.1) is 0 Å². The number of thiophene rings is 1. The van der Waals surface area contributed by atoms with Gasteiger partial charge in [-0.2, -0.15) is 0 Å². The molecule has 0 amide bonds. The molecule has 1 aromatic heterocycles. The van der Waals surface area contributed by atoms with E-state index in [9.17, 15) is 0 Å². The number of methoxy groups -OCH3 is 1. The van der Waals surface area contributed by atoms with Crippen LogP contribution in [0.2, 0.25) is 10.0 Å². The van der Waals surface area contributed by atoms with E-state index in [4.69, 9.17) is 27.9 Å². The highest BCUT2D eigenvalue weighted by atomic mass is 79.9. The Morgan fingerprint density at radius 1 is 1.33 bits per heavy atom. The molecule has 1 unspecified atom stereocenters. The van der Waals surface area contributed by atoms with E-state index in [0.29, 0.717) is 5.02 Å². The van der Waals surface area contributed by atoms with Crippen molar-refractivity contribution in [1.82, 2.24) is 0 Å². The quantitative estimate of drug-likeness (QED) is 0.518. The van der Waals surface area contributed by atoms with Crippen LogP contribution in [0.3, 0.4) is 0 Å². The van der Waals surface area contributed by atoms with Gasteiger partial charge in [-0.15, -0.1) is 11.3 Å². The van der Waals surface area contributed by atoms with Crippen LogP contribution in [0.15, 0.2) is 28.1 Å². The van der Waals surface area contributed by atoms with Crippen molar-refractivity contribution in [3.63, 3.8) is 0 Å². The minimum atomic E-state index is -0.0463. The van der Waals surface area contributed by atoms with Crippen LogP contribution in [0.4, 0.5) is 0 Å². The minimum Gasteiger partial charge on any atom is -0.495 e. The average Bonchev–Trinajstić information content (AvgIpc) is 2.73. The van der Waals surface area contributed by atoms with E-state index >= 15 is 0 Å². The highest BCUT2D eigenvalue weighted by molar-refractivity contribution is 9.10. The van der Waals surface area contributed by atoms with Crippen molar-refractivity contribution in [2.45, 2.75) is 4.83 Å². The smallest absolute Gasteiger partial charge is 0.137 e. The zero-order chi connectivity index (χ0) is 13.3. The van der Waals surface area contributed by atoms with Crippen LogP contribution < -0.4 is 4.74 Å². The molecule has 6 heteroatoms. The Hall–Kier alpha value is 0.260. The fourth-order valence-electron chi connectivity index (χ4n) is 1.61. The molecular formula is C12H8Br2Cl2OS. The fraction of sp³-hybridized carbons (Fsp3) is 0.167. The predicted octanol–water partition coefficient (Wildman–Crippen LogP) is 6.31. The minimum absolute atomic E-state index is 0.0463. The summed E-state index contributed by atoms with van der Waals surface area (Å²) in [4.78, 5) is 0.985. The van der Waals surface area contributed by atoms with E-state index in [0.717, 1.165) is 25.7 Å². The van der Waals surface area contributed by atoms with Gasteiger partial charge in [-0.3, -0.25) is 0 Å². The van der Waals surface area contributed by atoms with Gasteiger partial charge in [-0.25, -0.2) is 0 Å². The molecule has 0 saturated heterocycles. The molecule has 0 fully saturated rings. The SMILES string of the molecule is COc1c(Br)cc(Cl)cc1C(Br)c1sccc1Cl. The molecule has 1 aromatic carbocycles. The second-order valence-corrected chi connectivity index (χ2v) is 7.07. The molecule has 1 nitrogen and oxygen atoms in total. The van der Waals surface area contributed by atoms with Gasteiger partial charge in [0.2, 0.25) is 0 Å². The Morgan fingerprint density at radius 3 is 2.61 bits per heavy atom. The maximum absolute atomic E-state index is 6.15. The van der Waals surface area contributed by atoms with Crippen molar-refractivity contribution in [2.24, 2.45) is 0 Å². The van der Waals surface area contributed by atoms with Gasteiger partial charge in [-0.05, 0) is 39.5 Å². The standard InChI is InChI=1S/C12H8Br2Cl2OS/c1-17-11-7(4-6(15)5-8(11)13)10(14)12-9(16)2-3-18-12/h2-5,10H,1H3. The van der Waals surface area contributed by atoms with Crippen molar-refractivity contribution >= 4 is 66.4 Å². The molecule has 1 atom stereocenters. The Kier molecular flexibility index (Phi) is 5.00. The van der Waals surface area contributed by atoms with Crippen LogP contribution >= 0.6 is 66.4 Å². The predicted molar refractivity (Wildman–Crippen MR) is 85.8 cm³/mol. The van der Waals surface area contributed by atoms with Gasteiger partial charge in [0.15, 0.2) is 0 Å². The molecule has 2 aromatic rings. The molecular weight excluding hydrogens is 423 g/mol. The van der Waals surface area contributed by atoms with Crippen LogP contribution in [0.5, 0.6) is 5.75 Å². The second kappa shape index (κ2) is 6.14. The third kappa shape index (κ3) is 2.88. The fourth-order valence-corrected chi connectivity index (χ4v) is 4.81. The third-order valence-electron chi connectivity index (χ3n) is 2.39. The molecule has 0 aliphatic rings. The number of hydrogen-bond donors (Lipinski definition) is 0. The molecule has 96 valence electrons. The zero-order valence-corrected chi connectivity index (χ0v) is 14.7.